The molecule has 0 heterocycles. The molecule has 1 rings (SSSR count). The lowest BCUT2D eigenvalue weighted by molar-refractivity contribution is 0.0677. The van der Waals surface area contributed by atoms with E-state index in [1.54, 1.807) is 12.1 Å². The first-order valence-electron chi connectivity index (χ1n) is 6.32. The zero-order chi connectivity index (χ0) is 13.9. The van der Waals surface area contributed by atoms with Crippen molar-refractivity contribution < 1.29 is 4.79 Å². The van der Waals surface area contributed by atoms with E-state index in [0.29, 0.717) is 10.6 Å². The largest absolute Gasteiger partial charge is 0.292 e. The van der Waals surface area contributed by atoms with Crippen LogP contribution in [0.2, 0.25) is 5.02 Å². The Morgan fingerprint density at radius 1 is 1.44 bits per heavy atom. The molecule has 0 radical (unpaired) electrons. The number of halogens is 1. The Labute approximate surface area is 115 Å². The normalized spacial score (nSPS) is 13.7. The third-order valence-electron chi connectivity index (χ3n) is 3.89. The number of hydrogen-bond acceptors (Lipinski definition) is 2. The molecular formula is C15H22ClNO. The fourth-order valence-corrected chi connectivity index (χ4v) is 2.02. The first-order chi connectivity index (χ1) is 8.29. The first kappa shape index (κ1) is 15.2. The molecule has 0 saturated heterocycles. The topological polar surface area (TPSA) is 20.3 Å². The van der Waals surface area contributed by atoms with Crippen LogP contribution >= 0.6 is 11.6 Å². The number of ketones is 1. The molecule has 1 aromatic rings. The second-order valence-corrected chi connectivity index (χ2v) is 5.76. The molecule has 0 bridgehead atoms. The maximum Gasteiger partial charge on any atom is 0.179 e. The standard InChI is InChI=1S/C15H22ClNO/c1-6-15(3,4)17(5)11(2)14(18)12-8-7-9-13(16)10-12/h7-11H,6H2,1-5H3. The summed E-state index contributed by atoms with van der Waals surface area (Å²) in [4.78, 5) is 14.5. The highest BCUT2D eigenvalue weighted by Crippen LogP contribution is 2.22. The number of benzene rings is 1. The minimum absolute atomic E-state index is 0.00759. The summed E-state index contributed by atoms with van der Waals surface area (Å²) in [6, 6.07) is 6.99. The van der Waals surface area contributed by atoms with Crippen LogP contribution in [0.15, 0.2) is 24.3 Å². The number of nitrogens with zero attached hydrogens (tertiary/aromatic N) is 1. The molecule has 3 heteroatoms. The van der Waals surface area contributed by atoms with E-state index < -0.39 is 0 Å². The second kappa shape index (κ2) is 5.85. The fourth-order valence-electron chi connectivity index (χ4n) is 1.83. The average Bonchev–Trinajstić information content (AvgIpc) is 2.36. The molecule has 0 aliphatic rings. The number of likely N-dealkylation sites (N-methyl/N-ethyl adjacent to an activating group) is 1. The molecule has 0 fully saturated rings. The number of rotatable bonds is 5. The molecule has 0 amide bonds. The smallest absolute Gasteiger partial charge is 0.179 e. The highest BCUT2D eigenvalue weighted by atomic mass is 35.5. The lowest BCUT2D eigenvalue weighted by Crippen LogP contribution is -2.49. The molecule has 0 saturated carbocycles. The number of carbonyl (C=O) groups excluding carboxylic acids is 1. The SMILES string of the molecule is CCC(C)(C)N(C)C(C)C(=O)c1cccc(Cl)c1. The van der Waals surface area contributed by atoms with E-state index in [1.165, 1.54) is 0 Å². The van der Waals surface area contributed by atoms with Gasteiger partial charge in [-0.25, -0.2) is 0 Å². The molecule has 0 aromatic heterocycles. The average molecular weight is 268 g/mol. The molecule has 1 atom stereocenters. The van der Waals surface area contributed by atoms with Crippen molar-refractivity contribution in [2.75, 3.05) is 7.05 Å². The lowest BCUT2D eigenvalue weighted by Gasteiger charge is -2.38. The summed E-state index contributed by atoms with van der Waals surface area (Å²) in [6.07, 6.45) is 0.997. The molecule has 0 aliphatic carbocycles. The summed E-state index contributed by atoms with van der Waals surface area (Å²) < 4.78 is 0. The van der Waals surface area contributed by atoms with Gasteiger partial charge < -0.3 is 0 Å². The Morgan fingerprint density at radius 2 is 2.06 bits per heavy atom. The van der Waals surface area contributed by atoms with Gasteiger partial charge in [0.2, 0.25) is 0 Å². The lowest BCUT2D eigenvalue weighted by atomic mass is 9.95. The Morgan fingerprint density at radius 3 is 2.56 bits per heavy atom. The van der Waals surface area contributed by atoms with Crippen molar-refractivity contribution in [3.8, 4) is 0 Å². The molecule has 18 heavy (non-hydrogen) atoms. The van der Waals surface area contributed by atoms with Gasteiger partial charge in [-0.1, -0.05) is 30.7 Å². The van der Waals surface area contributed by atoms with Crippen LogP contribution in [0, 0.1) is 0 Å². The molecule has 2 nitrogen and oxygen atoms in total. The summed E-state index contributed by atoms with van der Waals surface area (Å²) >= 11 is 5.92. The van der Waals surface area contributed by atoms with Gasteiger partial charge in [-0.3, -0.25) is 9.69 Å². The number of Topliss-reactive ketones (excluding diaryl/α,β-unsaturated/α-hetero) is 1. The quantitative estimate of drug-likeness (QED) is 0.751. The zero-order valence-electron chi connectivity index (χ0n) is 11.8. The summed E-state index contributed by atoms with van der Waals surface area (Å²) in [5.74, 6) is 0.113. The Balaban J connectivity index is 2.91. The van der Waals surface area contributed by atoms with Gasteiger partial charge in [0, 0.05) is 16.1 Å². The van der Waals surface area contributed by atoms with Crippen LogP contribution in [0.3, 0.4) is 0 Å². The van der Waals surface area contributed by atoms with Gasteiger partial charge in [0.15, 0.2) is 5.78 Å². The van der Waals surface area contributed by atoms with Gasteiger partial charge in [-0.2, -0.15) is 0 Å². The van der Waals surface area contributed by atoms with E-state index in [2.05, 4.69) is 25.7 Å². The van der Waals surface area contributed by atoms with Gasteiger partial charge in [0.05, 0.1) is 6.04 Å². The van der Waals surface area contributed by atoms with E-state index in [-0.39, 0.29) is 17.4 Å². The van der Waals surface area contributed by atoms with Crippen molar-refractivity contribution in [1.82, 2.24) is 4.90 Å². The summed E-state index contributed by atoms with van der Waals surface area (Å²) in [7, 11) is 2.00. The monoisotopic (exact) mass is 267 g/mol. The molecule has 1 aromatic carbocycles. The number of carbonyl (C=O) groups is 1. The minimum Gasteiger partial charge on any atom is -0.292 e. The summed E-state index contributed by atoms with van der Waals surface area (Å²) in [6.45, 7) is 8.37. The van der Waals surface area contributed by atoms with Crippen LogP contribution in [-0.4, -0.2) is 29.3 Å². The van der Waals surface area contributed by atoms with Gasteiger partial charge in [0.1, 0.15) is 0 Å². The van der Waals surface area contributed by atoms with E-state index in [0.717, 1.165) is 6.42 Å². The van der Waals surface area contributed by atoms with Gasteiger partial charge in [-0.05, 0) is 46.4 Å². The molecule has 0 aliphatic heterocycles. The van der Waals surface area contributed by atoms with E-state index >= 15 is 0 Å². The second-order valence-electron chi connectivity index (χ2n) is 5.33. The third-order valence-corrected chi connectivity index (χ3v) is 4.12. The third kappa shape index (κ3) is 3.33. The van der Waals surface area contributed by atoms with E-state index in [9.17, 15) is 4.79 Å². The Kier molecular flexibility index (Phi) is 4.94. The van der Waals surface area contributed by atoms with Crippen LogP contribution in [0.5, 0.6) is 0 Å². The van der Waals surface area contributed by atoms with Crippen LogP contribution in [0.4, 0.5) is 0 Å². The van der Waals surface area contributed by atoms with Crippen molar-refractivity contribution in [3.63, 3.8) is 0 Å². The van der Waals surface area contributed by atoms with Crippen molar-refractivity contribution in [2.45, 2.75) is 45.7 Å². The van der Waals surface area contributed by atoms with Crippen molar-refractivity contribution in [2.24, 2.45) is 0 Å². The first-order valence-corrected chi connectivity index (χ1v) is 6.70. The van der Waals surface area contributed by atoms with Crippen LogP contribution in [0.1, 0.15) is 44.5 Å². The summed E-state index contributed by atoms with van der Waals surface area (Å²) in [5.41, 5.74) is 0.682. The molecular weight excluding hydrogens is 246 g/mol. The van der Waals surface area contributed by atoms with Gasteiger partial charge >= 0.3 is 0 Å². The molecule has 0 N–H and O–H groups in total. The van der Waals surface area contributed by atoms with Gasteiger partial charge in [0.25, 0.3) is 0 Å². The predicted octanol–water partition coefficient (Wildman–Crippen LogP) is 4.03. The van der Waals surface area contributed by atoms with Crippen LogP contribution < -0.4 is 0 Å². The van der Waals surface area contributed by atoms with Crippen molar-refractivity contribution in [1.29, 1.82) is 0 Å². The Hall–Kier alpha value is -0.860. The molecule has 1 unspecified atom stereocenters. The minimum atomic E-state index is -0.154. The maximum absolute atomic E-state index is 12.4. The van der Waals surface area contributed by atoms with Crippen LogP contribution in [0.25, 0.3) is 0 Å². The highest BCUT2D eigenvalue weighted by Gasteiger charge is 2.29. The zero-order valence-corrected chi connectivity index (χ0v) is 12.6. The summed E-state index contributed by atoms with van der Waals surface area (Å²) in [5, 5.41) is 0.602. The fraction of sp³-hybridized carbons (Fsp3) is 0.533. The van der Waals surface area contributed by atoms with Crippen LogP contribution in [-0.2, 0) is 0 Å². The number of hydrogen-bond donors (Lipinski definition) is 0. The highest BCUT2D eigenvalue weighted by molar-refractivity contribution is 6.31. The molecule has 0 spiro atoms. The van der Waals surface area contributed by atoms with Crippen molar-refractivity contribution in [3.05, 3.63) is 34.9 Å². The Bertz CT molecular complexity index is 428. The predicted molar refractivity (Wildman–Crippen MR) is 77.4 cm³/mol. The van der Waals surface area contributed by atoms with Gasteiger partial charge in [-0.15, -0.1) is 0 Å². The molecule has 100 valence electrons. The van der Waals surface area contributed by atoms with E-state index in [4.69, 9.17) is 11.6 Å². The van der Waals surface area contributed by atoms with E-state index in [1.807, 2.05) is 26.1 Å². The maximum atomic E-state index is 12.4. The van der Waals surface area contributed by atoms with Crippen molar-refractivity contribution >= 4 is 17.4 Å².